The Morgan fingerprint density at radius 3 is 2.68 bits per heavy atom. The van der Waals surface area contributed by atoms with Crippen molar-refractivity contribution in [2.45, 2.75) is 51.5 Å². The zero-order valence-corrected chi connectivity index (χ0v) is 12.1. The lowest BCUT2D eigenvalue weighted by atomic mass is 9.69. The van der Waals surface area contributed by atoms with Crippen molar-refractivity contribution in [1.29, 1.82) is 0 Å². The predicted octanol–water partition coefficient (Wildman–Crippen LogP) is 3.82. The molecule has 1 aromatic rings. The zero-order valence-electron chi connectivity index (χ0n) is 11.4. The second-order valence-corrected chi connectivity index (χ2v) is 6.23. The van der Waals surface area contributed by atoms with E-state index < -0.39 is 0 Å². The average molecular weight is 285 g/mol. The monoisotopic (exact) mass is 284 g/mol. The van der Waals surface area contributed by atoms with Crippen molar-refractivity contribution in [2.75, 3.05) is 0 Å². The Hall–Kier alpha value is -0.640. The highest BCUT2D eigenvalue weighted by Crippen LogP contribution is 2.40. The van der Waals surface area contributed by atoms with E-state index in [9.17, 15) is 4.39 Å². The largest absolute Gasteiger partial charge is 0.271 e. The maximum atomic E-state index is 13.5. The van der Waals surface area contributed by atoms with Crippen molar-refractivity contribution < 1.29 is 4.39 Å². The third-order valence-corrected chi connectivity index (χ3v) is 4.92. The summed E-state index contributed by atoms with van der Waals surface area (Å²) >= 11 is 6.04. The van der Waals surface area contributed by atoms with Gasteiger partial charge in [-0.15, -0.1) is 0 Å². The fourth-order valence-electron chi connectivity index (χ4n) is 3.14. The molecule has 3 N–H and O–H groups in total. The molecule has 0 saturated heterocycles. The van der Waals surface area contributed by atoms with Gasteiger partial charge in [0.15, 0.2) is 0 Å². The van der Waals surface area contributed by atoms with Crippen molar-refractivity contribution in [3.8, 4) is 0 Å². The van der Waals surface area contributed by atoms with E-state index in [1.165, 1.54) is 25.3 Å². The summed E-state index contributed by atoms with van der Waals surface area (Å²) < 4.78 is 13.5. The average Bonchev–Trinajstić information content (AvgIpc) is 2.41. The van der Waals surface area contributed by atoms with Gasteiger partial charge in [-0.1, -0.05) is 49.9 Å². The molecule has 1 unspecified atom stereocenters. The lowest BCUT2D eigenvalue weighted by Gasteiger charge is -2.40. The Morgan fingerprint density at radius 2 is 2.05 bits per heavy atom. The van der Waals surface area contributed by atoms with Crippen molar-refractivity contribution in [2.24, 2.45) is 11.3 Å². The Bertz CT molecular complexity index is 430. The first-order chi connectivity index (χ1) is 9.07. The third-order valence-electron chi connectivity index (χ3n) is 4.49. The second-order valence-electron chi connectivity index (χ2n) is 5.85. The molecular weight excluding hydrogens is 263 g/mol. The van der Waals surface area contributed by atoms with Crippen LogP contribution >= 0.6 is 11.6 Å². The molecule has 0 bridgehead atoms. The first-order valence-electron chi connectivity index (χ1n) is 6.96. The van der Waals surface area contributed by atoms with Gasteiger partial charge in [-0.2, -0.15) is 0 Å². The molecule has 1 aliphatic rings. The minimum Gasteiger partial charge on any atom is -0.271 e. The van der Waals surface area contributed by atoms with Crippen LogP contribution in [0, 0.1) is 11.2 Å². The van der Waals surface area contributed by atoms with E-state index in [0.29, 0.717) is 6.42 Å². The van der Waals surface area contributed by atoms with Gasteiger partial charge in [-0.05, 0) is 36.3 Å². The molecule has 0 spiro atoms. The van der Waals surface area contributed by atoms with Crippen LogP contribution in [0.5, 0.6) is 0 Å². The van der Waals surface area contributed by atoms with Crippen molar-refractivity contribution in [3.05, 3.63) is 34.6 Å². The normalized spacial score (nSPS) is 20.2. The number of halogens is 2. The van der Waals surface area contributed by atoms with Crippen molar-refractivity contribution in [3.63, 3.8) is 0 Å². The van der Waals surface area contributed by atoms with Gasteiger partial charge in [-0.25, -0.2) is 4.39 Å². The van der Waals surface area contributed by atoms with E-state index in [1.54, 1.807) is 6.07 Å². The lowest BCUT2D eigenvalue weighted by Crippen LogP contribution is -2.49. The number of hydrogen-bond donors (Lipinski definition) is 2. The van der Waals surface area contributed by atoms with Crippen LogP contribution in [-0.2, 0) is 6.42 Å². The summed E-state index contributed by atoms with van der Waals surface area (Å²) in [7, 11) is 0. The lowest BCUT2D eigenvalue weighted by molar-refractivity contribution is 0.144. The van der Waals surface area contributed by atoms with Crippen LogP contribution < -0.4 is 11.3 Å². The van der Waals surface area contributed by atoms with Gasteiger partial charge in [0, 0.05) is 6.04 Å². The molecular formula is C15H22ClFN2. The molecule has 0 amide bonds. The summed E-state index contributed by atoms with van der Waals surface area (Å²) in [5.41, 5.74) is 3.93. The molecule has 19 heavy (non-hydrogen) atoms. The van der Waals surface area contributed by atoms with Crippen LogP contribution in [0.15, 0.2) is 18.2 Å². The number of rotatable bonds is 4. The van der Waals surface area contributed by atoms with Gasteiger partial charge in [0.1, 0.15) is 5.82 Å². The summed E-state index contributed by atoms with van der Waals surface area (Å²) in [5.74, 6) is 5.38. The summed E-state index contributed by atoms with van der Waals surface area (Å²) in [5, 5.41) is 0.224. The van der Waals surface area contributed by atoms with E-state index in [4.69, 9.17) is 17.4 Å². The molecule has 2 rings (SSSR count). The first kappa shape index (κ1) is 14.8. The quantitative estimate of drug-likeness (QED) is 0.651. The maximum Gasteiger partial charge on any atom is 0.142 e. The molecule has 0 aliphatic heterocycles. The van der Waals surface area contributed by atoms with Gasteiger partial charge < -0.3 is 0 Å². The van der Waals surface area contributed by atoms with E-state index in [1.807, 2.05) is 6.07 Å². The van der Waals surface area contributed by atoms with Gasteiger partial charge in [0.25, 0.3) is 0 Å². The molecule has 0 heterocycles. The molecule has 4 heteroatoms. The molecule has 106 valence electrons. The highest BCUT2D eigenvalue weighted by atomic mass is 35.5. The topological polar surface area (TPSA) is 38.0 Å². The molecule has 2 nitrogen and oxygen atoms in total. The number of hydrazine groups is 1. The Labute approximate surface area is 119 Å². The Morgan fingerprint density at radius 1 is 1.37 bits per heavy atom. The fourth-order valence-corrected chi connectivity index (χ4v) is 3.34. The van der Waals surface area contributed by atoms with Gasteiger partial charge in [0.05, 0.1) is 5.02 Å². The first-order valence-corrected chi connectivity index (χ1v) is 7.33. The van der Waals surface area contributed by atoms with Crippen LogP contribution in [0.2, 0.25) is 5.02 Å². The third kappa shape index (κ3) is 3.28. The molecule has 1 aromatic carbocycles. The standard InChI is InChI=1S/C15H22ClFN2/c1-15(8-3-2-4-9-15)13(19-18)10-11-6-5-7-12(17)14(11)16/h5-7,13,19H,2-4,8-10,18H2,1H3. The van der Waals surface area contributed by atoms with Crippen LogP contribution in [0.25, 0.3) is 0 Å². The summed E-state index contributed by atoms with van der Waals surface area (Å²) in [6, 6.07) is 5.10. The molecule has 0 radical (unpaired) electrons. The summed E-state index contributed by atoms with van der Waals surface area (Å²) in [6.07, 6.45) is 6.78. The molecule has 1 atom stereocenters. The molecule has 1 saturated carbocycles. The molecule has 1 fully saturated rings. The minimum absolute atomic E-state index is 0.132. The van der Waals surface area contributed by atoms with Crippen LogP contribution in [-0.4, -0.2) is 6.04 Å². The minimum atomic E-state index is -0.358. The zero-order chi connectivity index (χ0) is 13.9. The number of hydrogen-bond acceptors (Lipinski definition) is 2. The Kier molecular flexibility index (Phi) is 4.82. The number of nitrogens with two attached hydrogens (primary N) is 1. The number of nitrogens with one attached hydrogen (secondary N) is 1. The van der Waals surface area contributed by atoms with E-state index in [-0.39, 0.29) is 22.3 Å². The SMILES string of the molecule is CC1(C(Cc2cccc(F)c2Cl)NN)CCCCC1. The van der Waals surface area contributed by atoms with Crippen LogP contribution in [0.1, 0.15) is 44.6 Å². The van der Waals surface area contributed by atoms with Crippen LogP contribution in [0.3, 0.4) is 0 Å². The Balaban J connectivity index is 2.16. The smallest absolute Gasteiger partial charge is 0.142 e. The predicted molar refractivity (Wildman–Crippen MR) is 77.4 cm³/mol. The molecule has 1 aliphatic carbocycles. The van der Waals surface area contributed by atoms with Gasteiger partial charge in [0.2, 0.25) is 0 Å². The fraction of sp³-hybridized carbons (Fsp3) is 0.600. The molecule has 0 aromatic heterocycles. The van der Waals surface area contributed by atoms with Gasteiger partial charge >= 0.3 is 0 Å². The van der Waals surface area contributed by atoms with Crippen molar-refractivity contribution >= 4 is 11.6 Å². The van der Waals surface area contributed by atoms with Gasteiger partial charge in [-0.3, -0.25) is 11.3 Å². The van der Waals surface area contributed by atoms with E-state index in [0.717, 1.165) is 18.4 Å². The van der Waals surface area contributed by atoms with E-state index in [2.05, 4.69) is 12.3 Å². The van der Waals surface area contributed by atoms with Crippen molar-refractivity contribution in [1.82, 2.24) is 5.43 Å². The summed E-state index contributed by atoms with van der Waals surface area (Å²) in [4.78, 5) is 0. The summed E-state index contributed by atoms with van der Waals surface area (Å²) in [6.45, 7) is 2.27. The maximum absolute atomic E-state index is 13.5. The highest BCUT2D eigenvalue weighted by Gasteiger charge is 2.35. The van der Waals surface area contributed by atoms with E-state index >= 15 is 0 Å². The van der Waals surface area contributed by atoms with Crippen LogP contribution in [0.4, 0.5) is 4.39 Å². The second kappa shape index (κ2) is 6.21. The highest BCUT2D eigenvalue weighted by molar-refractivity contribution is 6.31. The number of benzene rings is 1.